The molecule has 2 rings (SSSR count). The van der Waals surface area contributed by atoms with Gasteiger partial charge in [0.2, 0.25) is 5.95 Å². The molecule has 0 fully saturated rings. The van der Waals surface area contributed by atoms with Gasteiger partial charge < -0.3 is 5.32 Å². The Morgan fingerprint density at radius 1 is 1.24 bits per heavy atom. The number of hydrogen-bond donors (Lipinski definition) is 1. The first-order valence-corrected chi connectivity index (χ1v) is 8.39. The molecule has 1 N–H and O–H groups in total. The minimum Gasteiger partial charge on any atom is -0.324 e. The highest BCUT2D eigenvalue weighted by molar-refractivity contribution is 6.30. The summed E-state index contributed by atoms with van der Waals surface area (Å²) in [5, 5.41) is 3.22. The van der Waals surface area contributed by atoms with E-state index >= 15 is 0 Å². The zero-order valence-corrected chi connectivity index (χ0v) is 14.8. The molecule has 0 aliphatic heterocycles. The van der Waals surface area contributed by atoms with Gasteiger partial charge in [0.25, 0.3) is 0 Å². The zero-order valence-electron chi connectivity index (χ0n) is 14.1. The van der Waals surface area contributed by atoms with Crippen LogP contribution in [0.25, 0.3) is 0 Å². The molecule has 0 amide bonds. The average Bonchev–Trinajstić information content (AvgIpc) is 2.54. The van der Waals surface area contributed by atoms with Crippen molar-refractivity contribution in [2.45, 2.75) is 33.0 Å². The molecule has 25 heavy (non-hydrogen) atoms. The molecule has 0 unspecified atom stereocenters. The van der Waals surface area contributed by atoms with Gasteiger partial charge in [0.1, 0.15) is 0 Å². The number of benzene rings is 1. The molecule has 1 heterocycles. The normalized spacial score (nSPS) is 11.8. The van der Waals surface area contributed by atoms with Crippen molar-refractivity contribution in [3.63, 3.8) is 0 Å². The number of alkyl halides is 3. The van der Waals surface area contributed by atoms with Gasteiger partial charge in [0, 0.05) is 29.0 Å². The van der Waals surface area contributed by atoms with Crippen LogP contribution in [0.4, 0.5) is 24.8 Å². The molecule has 4 nitrogen and oxygen atoms in total. The van der Waals surface area contributed by atoms with Gasteiger partial charge in [0.05, 0.1) is 0 Å². The summed E-state index contributed by atoms with van der Waals surface area (Å²) in [5.74, 6) is -0.114. The van der Waals surface area contributed by atoms with Crippen LogP contribution in [0.1, 0.15) is 31.5 Å². The molecule has 0 saturated heterocycles. The topological polar surface area (TPSA) is 41.1 Å². The molecular formula is C17H20ClF3N4. The SMILES string of the molecule is CCCN(CC)Cc1cnc(Nc2cccc(Cl)c2)nc1C(F)(F)F. The van der Waals surface area contributed by atoms with Crippen LogP contribution in [-0.2, 0) is 12.7 Å². The molecule has 0 radical (unpaired) electrons. The van der Waals surface area contributed by atoms with Gasteiger partial charge >= 0.3 is 6.18 Å². The monoisotopic (exact) mass is 372 g/mol. The first-order chi connectivity index (χ1) is 11.8. The van der Waals surface area contributed by atoms with Gasteiger partial charge in [-0.3, -0.25) is 4.90 Å². The second-order valence-electron chi connectivity index (χ2n) is 5.57. The van der Waals surface area contributed by atoms with E-state index in [9.17, 15) is 13.2 Å². The van der Waals surface area contributed by atoms with Crippen molar-refractivity contribution in [3.8, 4) is 0 Å². The van der Waals surface area contributed by atoms with E-state index in [1.165, 1.54) is 6.20 Å². The maximum Gasteiger partial charge on any atom is 0.433 e. The van der Waals surface area contributed by atoms with Crippen LogP contribution < -0.4 is 5.32 Å². The predicted octanol–water partition coefficient (Wildman–Crippen LogP) is 5.12. The number of nitrogens with one attached hydrogen (secondary N) is 1. The fourth-order valence-corrected chi connectivity index (χ4v) is 2.62. The highest BCUT2D eigenvalue weighted by Crippen LogP contribution is 2.32. The van der Waals surface area contributed by atoms with Crippen LogP contribution in [0.3, 0.4) is 0 Å². The molecule has 0 aliphatic rings. The first-order valence-electron chi connectivity index (χ1n) is 8.01. The number of hydrogen-bond acceptors (Lipinski definition) is 4. The van der Waals surface area contributed by atoms with E-state index in [0.717, 1.165) is 13.0 Å². The minimum absolute atomic E-state index is 0.0689. The van der Waals surface area contributed by atoms with Gasteiger partial charge in [-0.25, -0.2) is 9.97 Å². The highest BCUT2D eigenvalue weighted by atomic mass is 35.5. The number of rotatable bonds is 7. The standard InChI is InChI=1S/C17H20ClF3N4/c1-3-8-25(4-2)11-12-10-22-16(24-15(12)17(19,20)21)23-14-7-5-6-13(18)9-14/h5-7,9-10H,3-4,8,11H2,1-2H3,(H,22,23,24). The highest BCUT2D eigenvalue weighted by Gasteiger charge is 2.36. The number of aromatic nitrogens is 2. The van der Waals surface area contributed by atoms with Gasteiger partial charge in [0.15, 0.2) is 5.69 Å². The molecule has 8 heteroatoms. The van der Waals surface area contributed by atoms with Gasteiger partial charge in [-0.1, -0.05) is 31.5 Å². The minimum atomic E-state index is -4.55. The quantitative estimate of drug-likeness (QED) is 0.732. The second-order valence-corrected chi connectivity index (χ2v) is 6.01. The summed E-state index contributed by atoms with van der Waals surface area (Å²) < 4.78 is 40.2. The van der Waals surface area contributed by atoms with E-state index in [1.807, 2.05) is 18.7 Å². The molecule has 2 aromatic rings. The third-order valence-corrected chi connectivity index (χ3v) is 3.83. The van der Waals surface area contributed by atoms with Crippen LogP contribution in [0, 0.1) is 0 Å². The Morgan fingerprint density at radius 2 is 2.00 bits per heavy atom. The lowest BCUT2D eigenvalue weighted by atomic mass is 10.2. The van der Waals surface area contributed by atoms with Crippen molar-refractivity contribution in [1.82, 2.24) is 14.9 Å². The van der Waals surface area contributed by atoms with Crippen molar-refractivity contribution in [2.75, 3.05) is 18.4 Å². The molecule has 0 bridgehead atoms. The Hall–Kier alpha value is -1.86. The molecule has 0 aliphatic carbocycles. The van der Waals surface area contributed by atoms with Crippen molar-refractivity contribution >= 4 is 23.2 Å². The summed E-state index contributed by atoms with van der Waals surface area (Å²) in [6.07, 6.45) is -2.44. The van der Waals surface area contributed by atoms with Crippen LogP contribution in [-0.4, -0.2) is 28.0 Å². The Morgan fingerprint density at radius 3 is 2.60 bits per heavy atom. The lowest BCUT2D eigenvalue weighted by Crippen LogP contribution is -2.26. The third-order valence-electron chi connectivity index (χ3n) is 3.59. The van der Waals surface area contributed by atoms with E-state index in [1.54, 1.807) is 24.3 Å². The summed E-state index contributed by atoms with van der Waals surface area (Å²) >= 11 is 5.88. The number of nitrogens with zero attached hydrogens (tertiary/aromatic N) is 3. The Balaban J connectivity index is 2.30. The lowest BCUT2D eigenvalue weighted by molar-refractivity contribution is -0.142. The third kappa shape index (κ3) is 5.57. The Kier molecular flexibility index (Phi) is 6.61. The van der Waals surface area contributed by atoms with E-state index in [2.05, 4.69) is 15.3 Å². The van der Waals surface area contributed by atoms with Gasteiger partial charge in [-0.05, 0) is 37.7 Å². The van der Waals surface area contributed by atoms with Crippen LogP contribution in [0.2, 0.25) is 5.02 Å². The number of halogens is 4. The molecule has 0 saturated carbocycles. The summed E-state index contributed by atoms with van der Waals surface area (Å²) in [6.45, 7) is 5.45. The second kappa shape index (κ2) is 8.49. The molecule has 1 aromatic heterocycles. The van der Waals surface area contributed by atoms with Crippen molar-refractivity contribution in [2.24, 2.45) is 0 Å². The lowest BCUT2D eigenvalue weighted by Gasteiger charge is -2.21. The molecule has 1 aromatic carbocycles. The maximum atomic E-state index is 13.4. The molecule has 0 spiro atoms. The average molecular weight is 373 g/mol. The maximum absolute atomic E-state index is 13.4. The largest absolute Gasteiger partial charge is 0.433 e. The van der Waals surface area contributed by atoms with E-state index < -0.39 is 11.9 Å². The molecule has 0 atom stereocenters. The van der Waals surface area contributed by atoms with Crippen LogP contribution in [0.15, 0.2) is 30.5 Å². The smallest absolute Gasteiger partial charge is 0.324 e. The number of anilines is 2. The fourth-order valence-electron chi connectivity index (χ4n) is 2.43. The summed E-state index contributed by atoms with van der Waals surface area (Å²) in [5.41, 5.74) is -0.324. The van der Waals surface area contributed by atoms with E-state index in [0.29, 0.717) is 17.3 Å². The first kappa shape index (κ1) is 19.5. The van der Waals surface area contributed by atoms with Crippen molar-refractivity contribution in [3.05, 3.63) is 46.7 Å². The van der Waals surface area contributed by atoms with Crippen molar-refractivity contribution < 1.29 is 13.2 Å². The van der Waals surface area contributed by atoms with Crippen molar-refractivity contribution in [1.29, 1.82) is 0 Å². The Bertz CT molecular complexity index is 707. The van der Waals surface area contributed by atoms with Gasteiger partial charge in [-0.15, -0.1) is 0 Å². The van der Waals surface area contributed by atoms with E-state index in [-0.39, 0.29) is 18.1 Å². The van der Waals surface area contributed by atoms with Crippen LogP contribution >= 0.6 is 11.6 Å². The zero-order chi connectivity index (χ0) is 18.4. The molecule has 136 valence electrons. The molecular weight excluding hydrogens is 353 g/mol. The van der Waals surface area contributed by atoms with Crippen LogP contribution in [0.5, 0.6) is 0 Å². The fraction of sp³-hybridized carbons (Fsp3) is 0.412. The van der Waals surface area contributed by atoms with E-state index in [4.69, 9.17) is 11.6 Å². The Labute approximate surface area is 150 Å². The van der Waals surface area contributed by atoms with Gasteiger partial charge in [-0.2, -0.15) is 13.2 Å². The summed E-state index contributed by atoms with van der Waals surface area (Å²) in [7, 11) is 0. The summed E-state index contributed by atoms with van der Waals surface area (Å²) in [6, 6.07) is 6.63. The summed E-state index contributed by atoms with van der Waals surface area (Å²) in [4.78, 5) is 9.66. The predicted molar refractivity (Wildman–Crippen MR) is 93.0 cm³/mol.